The lowest BCUT2D eigenvalue weighted by atomic mass is 9.91. The Morgan fingerprint density at radius 2 is 2.00 bits per heavy atom. The Kier molecular flexibility index (Phi) is 3.87. The number of hydrogen-bond donors (Lipinski definition) is 1. The van der Waals surface area contributed by atoms with E-state index in [-0.39, 0.29) is 16.9 Å². The van der Waals surface area contributed by atoms with Gasteiger partial charge >= 0.3 is 5.63 Å². The van der Waals surface area contributed by atoms with E-state index in [1.54, 1.807) is 6.08 Å². The van der Waals surface area contributed by atoms with Crippen molar-refractivity contribution in [3.8, 4) is 12.0 Å². The number of nitriles is 1. The lowest BCUT2D eigenvalue weighted by Gasteiger charge is -2.18. The van der Waals surface area contributed by atoms with Gasteiger partial charge < -0.3 is 14.6 Å². The topological polar surface area (TPSA) is 111 Å². The average molecular weight is 422 g/mol. The number of nitrogen functional groups attached to an aromatic ring is 1. The molecule has 0 saturated heterocycles. The monoisotopic (exact) mass is 422 g/mol. The molecule has 0 fully saturated rings. The Balaban J connectivity index is 1.94. The van der Waals surface area contributed by atoms with E-state index >= 15 is 0 Å². The second kappa shape index (κ2) is 6.34. The number of oxazole rings is 2. The maximum atomic E-state index is 12.8. The Hall–Kier alpha value is -3.35. The molecule has 4 aromatic heterocycles. The van der Waals surface area contributed by atoms with Crippen molar-refractivity contribution in [1.82, 2.24) is 9.55 Å². The van der Waals surface area contributed by atoms with Gasteiger partial charge in [-0.15, -0.1) is 22.7 Å². The molecule has 9 heteroatoms. The van der Waals surface area contributed by atoms with Crippen LogP contribution in [0.3, 0.4) is 0 Å². The SMILES string of the molecule is Cc1ccsc1/C=c1\c(=O)oc2n1-c1oc(N)nc1[C@@H](c1sccc1C)C=2C#N. The summed E-state index contributed by atoms with van der Waals surface area (Å²) >= 11 is 3.02. The molecule has 1 aliphatic heterocycles. The van der Waals surface area contributed by atoms with Gasteiger partial charge in [0, 0.05) is 9.75 Å². The van der Waals surface area contributed by atoms with E-state index in [1.165, 1.54) is 27.2 Å². The van der Waals surface area contributed by atoms with E-state index in [2.05, 4.69) is 11.1 Å². The fourth-order valence-electron chi connectivity index (χ4n) is 3.54. The van der Waals surface area contributed by atoms with Crippen LogP contribution in [0, 0.1) is 25.2 Å². The molecule has 0 amide bonds. The zero-order valence-corrected chi connectivity index (χ0v) is 17.1. The molecule has 0 aromatic carbocycles. The molecule has 5 heterocycles. The van der Waals surface area contributed by atoms with Gasteiger partial charge in [-0.3, -0.25) is 0 Å². The Morgan fingerprint density at radius 3 is 2.66 bits per heavy atom. The summed E-state index contributed by atoms with van der Waals surface area (Å²) in [5, 5.41) is 14.1. The van der Waals surface area contributed by atoms with Crippen molar-refractivity contribution in [3.05, 3.63) is 70.8 Å². The molecule has 29 heavy (non-hydrogen) atoms. The fraction of sp³-hybridized carbons (Fsp3) is 0.150. The molecule has 7 nitrogen and oxygen atoms in total. The lowest BCUT2D eigenvalue weighted by molar-refractivity contribution is 0.455. The van der Waals surface area contributed by atoms with E-state index in [0.29, 0.717) is 17.2 Å². The largest absolute Gasteiger partial charge is 0.406 e. The molecular weight excluding hydrogens is 408 g/mol. The smallest absolute Gasteiger partial charge is 0.362 e. The first-order valence-electron chi connectivity index (χ1n) is 8.72. The van der Waals surface area contributed by atoms with Gasteiger partial charge in [-0.05, 0) is 53.9 Å². The number of nitrogens with zero attached hydrogens (tertiary/aromatic N) is 3. The van der Waals surface area contributed by atoms with Crippen LogP contribution in [0.5, 0.6) is 0 Å². The number of thiophene rings is 2. The zero-order chi connectivity index (χ0) is 20.3. The number of nitrogens with two attached hydrogens (primary N) is 1. The highest BCUT2D eigenvalue weighted by atomic mass is 32.1. The molecule has 1 atom stereocenters. The third-order valence-electron chi connectivity index (χ3n) is 4.94. The van der Waals surface area contributed by atoms with E-state index < -0.39 is 11.5 Å². The molecule has 0 spiro atoms. The normalized spacial score (nSPS) is 16.0. The molecule has 0 aliphatic carbocycles. The quantitative estimate of drug-likeness (QED) is 0.531. The number of fused-ring (bicyclic) bond motifs is 3. The highest BCUT2D eigenvalue weighted by molar-refractivity contribution is 7.11. The van der Waals surface area contributed by atoms with Crippen LogP contribution >= 0.6 is 22.7 Å². The van der Waals surface area contributed by atoms with Crippen LogP contribution in [0.15, 0.2) is 36.5 Å². The molecule has 0 radical (unpaired) electrons. The van der Waals surface area contributed by atoms with Crippen molar-refractivity contribution in [2.45, 2.75) is 19.8 Å². The summed E-state index contributed by atoms with van der Waals surface area (Å²) in [5.41, 5.74) is 8.33. The third-order valence-corrected chi connectivity index (χ3v) is 6.99. The molecule has 1 aliphatic rings. The molecule has 0 unspecified atom stereocenters. The minimum Gasteiger partial charge on any atom is -0.406 e. The number of hydrogen-bond acceptors (Lipinski definition) is 8. The molecule has 144 valence electrons. The van der Waals surface area contributed by atoms with E-state index in [4.69, 9.17) is 14.6 Å². The van der Waals surface area contributed by atoms with Crippen molar-refractivity contribution in [2.75, 3.05) is 5.73 Å². The lowest BCUT2D eigenvalue weighted by Crippen LogP contribution is -2.35. The first-order chi connectivity index (χ1) is 14.0. The van der Waals surface area contributed by atoms with Crippen LogP contribution in [0.1, 0.15) is 32.5 Å². The molecule has 0 bridgehead atoms. The summed E-state index contributed by atoms with van der Waals surface area (Å²) in [7, 11) is 0. The highest BCUT2D eigenvalue weighted by Gasteiger charge is 2.37. The summed E-state index contributed by atoms with van der Waals surface area (Å²) in [6.45, 7) is 3.93. The van der Waals surface area contributed by atoms with Gasteiger partial charge in [-0.1, -0.05) is 0 Å². The molecule has 5 rings (SSSR count). The summed E-state index contributed by atoms with van der Waals surface area (Å²) < 4.78 is 12.8. The molecular formula is C20H14N4O3S2. The zero-order valence-electron chi connectivity index (χ0n) is 15.4. The van der Waals surface area contributed by atoms with Crippen LogP contribution in [-0.4, -0.2) is 9.55 Å². The van der Waals surface area contributed by atoms with Crippen molar-refractivity contribution in [2.24, 2.45) is 0 Å². The number of rotatable bonds is 2. The fourth-order valence-corrected chi connectivity index (χ4v) is 5.43. The van der Waals surface area contributed by atoms with Gasteiger partial charge in [-0.2, -0.15) is 10.2 Å². The van der Waals surface area contributed by atoms with Crippen molar-refractivity contribution < 1.29 is 8.83 Å². The average Bonchev–Trinajstić information content (AvgIpc) is 3.44. The Labute approximate surface area is 172 Å². The third kappa shape index (κ3) is 2.53. The van der Waals surface area contributed by atoms with Crippen LogP contribution in [0.2, 0.25) is 0 Å². The predicted octanol–water partition coefficient (Wildman–Crippen LogP) is 2.39. The minimum absolute atomic E-state index is 0.0289. The number of aryl methyl sites for hydroxylation is 2. The summed E-state index contributed by atoms with van der Waals surface area (Å²) in [5.74, 6) is -0.196. The van der Waals surface area contributed by atoms with Crippen LogP contribution in [0.4, 0.5) is 6.01 Å². The van der Waals surface area contributed by atoms with Crippen molar-refractivity contribution in [1.29, 1.82) is 5.26 Å². The van der Waals surface area contributed by atoms with Gasteiger partial charge in [0.1, 0.15) is 22.7 Å². The highest BCUT2D eigenvalue weighted by Crippen LogP contribution is 2.41. The van der Waals surface area contributed by atoms with Crippen molar-refractivity contribution >= 4 is 40.3 Å². The van der Waals surface area contributed by atoms with Gasteiger partial charge in [0.25, 0.3) is 6.01 Å². The van der Waals surface area contributed by atoms with E-state index in [9.17, 15) is 10.1 Å². The van der Waals surface area contributed by atoms with Gasteiger partial charge in [0.15, 0.2) is 0 Å². The molecule has 4 aromatic rings. The second-order valence-corrected chi connectivity index (χ2v) is 8.59. The van der Waals surface area contributed by atoms with Crippen LogP contribution < -0.4 is 22.3 Å². The van der Waals surface area contributed by atoms with Crippen molar-refractivity contribution in [3.63, 3.8) is 0 Å². The first-order valence-corrected chi connectivity index (χ1v) is 10.5. The van der Waals surface area contributed by atoms with Gasteiger partial charge in [0.2, 0.25) is 11.4 Å². The maximum absolute atomic E-state index is 12.8. The van der Waals surface area contributed by atoms with Gasteiger partial charge in [-0.25, -0.2) is 9.36 Å². The Morgan fingerprint density at radius 1 is 1.24 bits per heavy atom. The second-order valence-electron chi connectivity index (χ2n) is 6.70. The first kappa shape index (κ1) is 17.7. The number of anilines is 1. The summed E-state index contributed by atoms with van der Waals surface area (Å²) in [6, 6.07) is 6.14. The van der Waals surface area contributed by atoms with Crippen LogP contribution in [0.25, 0.3) is 17.5 Å². The minimum atomic E-state index is -0.551. The molecule has 2 N–H and O–H groups in total. The van der Waals surface area contributed by atoms with Gasteiger partial charge in [0.05, 0.1) is 5.92 Å². The van der Waals surface area contributed by atoms with E-state index in [0.717, 1.165) is 20.9 Å². The molecule has 0 saturated carbocycles. The Bertz CT molecular complexity index is 1490. The maximum Gasteiger partial charge on any atom is 0.362 e. The standard InChI is InChI=1S/C20H14N4O3S2/c1-9-3-5-28-13(9)7-12-19(25)26-17-11(8-21)14(16-10(2)4-6-29-16)15-18(24(12)17)27-20(22)23-15/h3-7,14H,1-2H3,(H2,22,23)/b12-7+/t14-/m0/s1. The van der Waals surface area contributed by atoms with Crippen LogP contribution in [-0.2, 0) is 0 Å². The predicted molar refractivity (Wildman–Crippen MR) is 111 cm³/mol. The van der Waals surface area contributed by atoms with E-state index in [1.807, 2.05) is 36.7 Å². The number of aromatic nitrogens is 2. The summed E-state index contributed by atoms with van der Waals surface area (Å²) in [4.78, 5) is 19.0. The summed E-state index contributed by atoms with van der Waals surface area (Å²) in [6.07, 6.45) is 1.74.